The summed E-state index contributed by atoms with van der Waals surface area (Å²) in [6.45, 7) is 7.19. The molecular weight excluding hydrogens is 392 g/mol. The molecule has 1 aromatic heterocycles. The lowest BCUT2D eigenvalue weighted by Gasteiger charge is -2.44. The summed E-state index contributed by atoms with van der Waals surface area (Å²) in [5, 5.41) is 5.01. The first-order valence-corrected chi connectivity index (χ1v) is 10.8. The number of amides is 1. The van der Waals surface area contributed by atoms with Crippen LogP contribution in [-0.2, 0) is 11.2 Å². The summed E-state index contributed by atoms with van der Waals surface area (Å²) in [7, 11) is 0. The highest BCUT2D eigenvalue weighted by atomic mass is 16.5. The predicted molar refractivity (Wildman–Crippen MR) is 116 cm³/mol. The van der Waals surface area contributed by atoms with Crippen LogP contribution in [0.3, 0.4) is 0 Å². The van der Waals surface area contributed by atoms with Gasteiger partial charge in [-0.05, 0) is 56.2 Å². The van der Waals surface area contributed by atoms with Gasteiger partial charge in [0.05, 0.1) is 18.4 Å². The molecule has 3 heterocycles. The largest absolute Gasteiger partial charge is 0.486 e. The normalized spacial score (nSPS) is 17.6. The molecule has 1 spiro atoms. The number of aromatic nitrogens is 1. The first-order chi connectivity index (χ1) is 14.8. The number of hydrogen-bond acceptors (Lipinski definition) is 5. The van der Waals surface area contributed by atoms with Gasteiger partial charge in [-0.25, -0.2) is 0 Å². The zero-order valence-electron chi connectivity index (χ0n) is 18.2. The monoisotopic (exact) mass is 418 g/mol. The molecule has 2 aromatic carbocycles. The van der Waals surface area contributed by atoms with Crippen molar-refractivity contribution in [3.05, 3.63) is 58.3 Å². The van der Waals surface area contributed by atoms with Crippen LogP contribution in [-0.4, -0.2) is 40.4 Å². The minimum absolute atomic E-state index is 0.0283. The van der Waals surface area contributed by atoms with E-state index in [1.807, 2.05) is 56.0 Å². The molecule has 0 N–H and O–H groups in total. The van der Waals surface area contributed by atoms with E-state index in [0.29, 0.717) is 54.9 Å². The lowest BCUT2D eigenvalue weighted by Crippen LogP contribution is -2.52. The predicted octanol–water partition coefficient (Wildman–Crippen LogP) is 4.32. The van der Waals surface area contributed by atoms with E-state index in [0.717, 1.165) is 22.1 Å². The molecule has 0 unspecified atom stereocenters. The molecule has 1 saturated heterocycles. The van der Waals surface area contributed by atoms with Gasteiger partial charge in [0, 0.05) is 31.3 Å². The topological polar surface area (TPSA) is 72.6 Å². The number of benzene rings is 2. The molecule has 1 amide bonds. The van der Waals surface area contributed by atoms with Crippen LogP contribution in [0.15, 0.2) is 34.9 Å². The highest BCUT2D eigenvalue weighted by Gasteiger charge is 2.43. The number of rotatable bonds is 2. The summed E-state index contributed by atoms with van der Waals surface area (Å²) in [6, 6.07) is 9.76. The minimum Gasteiger partial charge on any atom is -0.486 e. The van der Waals surface area contributed by atoms with Gasteiger partial charge in [-0.2, -0.15) is 0 Å². The van der Waals surface area contributed by atoms with E-state index in [-0.39, 0.29) is 18.1 Å². The Kier molecular flexibility index (Phi) is 4.61. The van der Waals surface area contributed by atoms with E-state index < -0.39 is 5.60 Å². The third-order valence-corrected chi connectivity index (χ3v) is 6.75. The van der Waals surface area contributed by atoms with Crippen LogP contribution in [0.25, 0.3) is 11.0 Å². The molecule has 1 fully saturated rings. The lowest BCUT2D eigenvalue weighted by molar-refractivity contribution is -0.134. The third kappa shape index (κ3) is 3.50. The fraction of sp³-hybridized carbons (Fsp3) is 0.400. The quantitative estimate of drug-likeness (QED) is 0.620. The van der Waals surface area contributed by atoms with Crippen LogP contribution in [0.2, 0.25) is 0 Å². The molecule has 160 valence electrons. The number of nitrogens with zero attached hydrogens (tertiary/aromatic N) is 2. The zero-order chi connectivity index (χ0) is 21.8. The smallest absolute Gasteiger partial charge is 0.228 e. The molecule has 0 saturated carbocycles. The van der Waals surface area contributed by atoms with Crippen LogP contribution in [0.4, 0.5) is 0 Å². The van der Waals surface area contributed by atoms with Gasteiger partial charge in [-0.3, -0.25) is 9.59 Å². The Balaban J connectivity index is 1.28. The number of ether oxygens (including phenoxy) is 1. The Morgan fingerprint density at radius 3 is 2.61 bits per heavy atom. The molecule has 5 rings (SSSR count). The van der Waals surface area contributed by atoms with Crippen LogP contribution in [0, 0.1) is 20.8 Å². The maximum absolute atomic E-state index is 12.9. The zero-order valence-corrected chi connectivity index (χ0v) is 18.2. The number of hydrogen-bond donors (Lipinski definition) is 0. The molecule has 6 nitrogen and oxygen atoms in total. The summed E-state index contributed by atoms with van der Waals surface area (Å²) in [5.41, 5.74) is 4.86. The molecule has 0 aliphatic carbocycles. The molecule has 0 radical (unpaired) electrons. The first-order valence-electron chi connectivity index (χ1n) is 10.8. The summed E-state index contributed by atoms with van der Waals surface area (Å²) < 4.78 is 11.8. The number of carbonyl (C=O) groups excluding carboxylic acids is 2. The number of Topliss-reactive ketones (excluding diaryl/α,β-unsaturated/α-hetero) is 1. The molecular formula is C25H26N2O4. The molecule has 2 aliphatic heterocycles. The number of carbonyl (C=O) groups is 2. The van der Waals surface area contributed by atoms with Crippen LogP contribution in [0.1, 0.15) is 52.0 Å². The van der Waals surface area contributed by atoms with E-state index in [1.165, 1.54) is 0 Å². The van der Waals surface area contributed by atoms with Gasteiger partial charge in [0.25, 0.3) is 0 Å². The van der Waals surface area contributed by atoms with Crippen molar-refractivity contribution >= 4 is 22.7 Å². The fourth-order valence-electron chi connectivity index (χ4n) is 4.68. The van der Waals surface area contributed by atoms with E-state index in [2.05, 4.69) is 5.16 Å². The SMILES string of the molecule is Cc1ccc2onc(CC(=O)N3CCC4(CC3)CC(=O)c3cc(C)c(C)cc3O4)c2c1. The van der Waals surface area contributed by atoms with Crippen LogP contribution in [0.5, 0.6) is 5.75 Å². The highest BCUT2D eigenvalue weighted by molar-refractivity contribution is 6.00. The standard InChI is InChI=1S/C25H26N2O4/c1-15-4-5-22-18(10-15)20(26-31-22)13-24(29)27-8-6-25(7-9-27)14-21(28)19-11-16(2)17(3)12-23(19)30-25/h4-5,10-12H,6-9,13-14H2,1-3H3. The summed E-state index contributed by atoms with van der Waals surface area (Å²) in [5.74, 6) is 0.845. The second kappa shape index (κ2) is 7.22. The Labute approximate surface area is 181 Å². The van der Waals surface area contributed by atoms with Crippen molar-refractivity contribution in [3.8, 4) is 5.75 Å². The molecule has 6 heteroatoms. The van der Waals surface area contributed by atoms with Gasteiger partial charge in [-0.1, -0.05) is 16.8 Å². The Morgan fingerprint density at radius 1 is 1.10 bits per heavy atom. The van der Waals surface area contributed by atoms with Gasteiger partial charge >= 0.3 is 0 Å². The average Bonchev–Trinajstić information content (AvgIpc) is 3.12. The van der Waals surface area contributed by atoms with Gasteiger partial charge in [0.15, 0.2) is 11.4 Å². The maximum Gasteiger partial charge on any atom is 0.228 e. The number of aryl methyl sites for hydroxylation is 3. The van der Waals surface area contributed by atoms with Gasteiger partial charge in [0.1, 0.15) is 17.0 Å². The van der Waals surface area contributed by atoms with Gasteiger partial charge in [0.2, 0.25) is 5.91 Å². The minimum atomic E-state index is -0.514. The summed E-state index contributed by atoms with van der Waals surface area (Å²) >= 11 is 0. The second-order valence-corrected chi connectivity index (χ2v) is 9.00. The molecule has 2 aliphatic rings. The van der Waals surface area contributed by atoms with Crippen molar-refractivity contribution in [1.82, 2.24) is 10.1 Å². The number of ketones is 1. The maximum atomic E-state index is 12.9. The number of fused-ring (bicyclic) bond motifs is 2. The van der Waals surface area contributed by atoms with Crippen molar-refractivity contribution < 1.29 is 18.8 Å². The van der Waals surface area contributed by atoms with Crippen molar-refractivity contribution in [2.24, 2.45) is 0 Å². The number of likely N-dealkylation sites (tertiary alicyclic amines) is 1. The van der Waals surface area contributed by atoms with Crippen LogP contribution < -0.4 is 4.74 Å². The van der Waals surface area contributed by atoms with Gasteiger partial charge < -0.3 is 14.2 Å². The van der Waals surface area contributed by atoms with Crippen molar-refractivity contribution in [2.45, 2.75) is 52.1 Å². The van der Waals surface area contributed by atoms with Crippen molar-refractivity contribution in [2.75, 3.05) is 13.1 Å². The second-order valence-electron chi connectivity index (χ2n) is 9.00. The van der Waals surface area contributed by atoms with Gasteiger partial charge in [-0.15, -0.1) is 0 Å². The molecule has 0 atom stereocenters. The van der Waals surface area contributed by atoms with Crippen molar-refractivity contribution in [1.29, 1.82) is 0 Å². The Morgan fingerprint density at radius 2 is 1.84 bits per heavy atom. The molecule has 31 heavy (non-hydrogen) atoms. The Hall–Kier alpha value is -3.15. The highest BCUT2D eigenvalue weighted by Crippen LogP contribution is 2.40. The third-order valence-electron chi connectivity index (χ3n) is 6.75. The van der Waals surface area contributed by atoms with E-state index in [1.54, 1.807) is 0 Å². The fourth-order valence-corrected chi connectivity index (χ4v) is 4.68. The van der Waals surface area contributed by atoms with E-state index in [4.69, 9.17) is 9.26 Å². The van der Waals surface area contributed by atoms with Crippen LogP contribution >= 0.6 is 0 Å². The molecule has 0 bridgehead atoms. The van der Waals surface area contributed by atoms with E-state index in [9.17, 15) is 9.59 Å². The van der Waals surface area contributed by atoms with Crippen molar-refractivity contribution in [3.63, 3.8) is 0 Å². The summed E-state index contributed by atoms with van der Waals surface area (Å²) in [6.07, 6.45) is 1.88. The van der Waals surface area contributed by atoms with E-state index >= 15 is 0 Å². The Bertz CT molecular complexity index is 1200. The average molecular weight is 418 g/mol. The molecule has 3 aromatic rings. The lowest BCUT2D eigenvalue weighted by atomic mass is 9.82. The summed E-state index contributed by atoms with van der Waals surface area (Å²) in [4.78, 5) is 27.6. The number of piperidine rings is 1. The first kappa shape index (κ1) is 19.8.